The molecular formula is C30H34O10. The molecule has 0 bridgehead atoms. The fourth-order valence-electron chi connectivity index (χ4n) is 5.19. The lowest BCUT2D eigenvalue weighted by Crippen LogP contribution is -2.21. The minimum atomic E-state index is -1.25. The first-order chi connectivity index (χ1) is 19.2. The second-order valence-corrected chi connectivity index (χ2v) is 9.81. The van der Waals surface area contributed by atoms with E-state index in [2.05, 4.69) is 0 Å². The molecule has 10 nitrogen and oxygen atoms in total. The molecular weight excluding hydrogens is 520 g/mol. The predicted octanol–water partition coefficient (Wildman–Crippen LogP) is 3.21. The number of hydrogen-bond donors (Lipinski definition) is 5. The van der Waals surface area contributed by atoms with Gasteiger partial charge in [-0.25, -0.2) is 0 Å². The maximum atomic E-state index is 12.7. The summed E-state index contributed by atoms with van der Waals surface area (Å²) in [5.74, 6) is -1.61. The smallest absolute Gasteiger partial charge is 0.309 e. The molecule has 0 unspecified atom stereocenters. The van der Waals surface area contributed by atoms with Gasteiger partial charge in [0.25, 0.3) is 0 Å². The van der Waals surface area contributed by atoms with Crippen LogP contribution >= 0.6 is 0 Å². The van der Waals surface area contributed by atoms with Crippen LogP contribution < -0.4 is 14.2 Å². The van der Waals surface area contributed by atoms with Crippen molar-refractivity contribution in [1.82, 2.24) is 0 Å². The van der Waals surface area contributed by atoms with Gasteiger partial charge >= 0.3 is 5.97 Å². The summed E-state index contributed by atoms with van der Waals surface area (Å²) in [7, 11) is 4.24. The van der Waals surface area contributed by atoms with Crippen molar-refractivity contribution in [3.63, 3.8) is 0 Å². The third-order valence-corrected chi connectivity index (χ3v) is 7.42. The van der Waals surface area contributed by atoms with Crippen molar-refractivity contribution in [1.29, 1.82) is 0 Å². The zero-order valence-corrected chi connectivity index (χ0v) is 22.5. The van der Waals surface area contributed by atoms with Crippen molar-refractivity contribution in [3.8, 4) is 34.5 Å². The van der Waals surface area contributed by atoms with E-state index in [-0.39, 0.29) is 52.8 Å². The number of carbonyl (C=O) groups excluding carboxylic acids is 1. The van der Waals surface area contributed by atoms with Crippen LogP contribution in [0, 0.1) is 11.8 Å². The molecule has 1 aliphatic rings. The van der Waals surface area contributed by atoms with Gasteiger partial charge in [0.1, 0.15) is 0 Å². The van der Waals surface area contributed by atoms with E-state index >= 15 is 0 Å². The highest BCUT2D eigenvalue weighted by Gasteiger charge is 2.37. The van der Waals surface area contributed by atoms with Gasteiger partial charge < -0.3 is 44.5 Å². The summed E-state index contributed by atoms with van der Waals surface area (Å²) in [6.07, 6.45) is -0.474. The number of benzene rings is 3. The van der Waals surface area contributed by atoms with E-state index in [0.29, 0.717) is 24.2 Å². The van der Waals surface area contributed by atoms with Gasteiger partial charge in [0.05, 0.1) is 46.6 Å². The van der Waals surface area contributed by atoms with Crippen LogP contribution in [0.4, 0.5) is 0 Å². The highest BCUT2D eigenvalue weighted by atomic mass is 16.5. The highest BCUT2D eigenvalue weighted by Crippen LogP contribution is 2.43. The third kappa shape index (κ3) is 5.88. The van der Waals surface area contributed by atoms with Crippen LogP contribution in [0.15, 0.2) is 48.5 Å². The topological polar surface area (TPSA) is 155 Å². The van der Waals surface area contributed by atoms with Crippen LogP contribution in [0.2, 0.25) is 0 Å². The number of carbonyl (C=O) groups is 1. The highest BCUT2D eigenvalue weighted by molar-refractivity contribution is 5.75. The van der Waals surface area contributed by atoms with Crippen molar-refractivity contribution >= 4 is 5.97 Å². The Bertz CT molecular complexity index is 1350. The Kier molecular flexibility index (Phi) is 8.91. The largest absolute Gasteiger partial charge is 0.504 e. The number of rotatable bonds is 11. The zero-order valence-electron chi connectivity index (χ0n) is 22.5. The number of methoxy groups -OCH3 is 3. The minimum absolute atomic E-state index is 0.00638. The van der Waals surface area contributed by atoms with Crippen LogP contribution in [0.1, 0.15) is 34.3 Å². The summed E-state index contributed by atoms with van der Waals surface area (Å²) >= 11 is 0. The summed E-state index contributed by atoms with van der Waals surface area (Å²) in [6.45, 7) is -0.294. The van der Waals surface area contributed by atoms with Gasteiger partial charge in [0.2, 0.25) is 0 Å². The van der Waals surface area contributed by atoms with Crippen molar-refractivity contribution in [2.24, 2.45) is 11.8 Å². The number of esters is 1. The average Bonchev–Trinajstić information content (AvgIpc) is 3.29. The van der Waals surface area contributed by atoms with Gasteiger partial charge in [-0.05, 0) is 59.9 Å². The third-order valence-electron chi connectivity index (χ3n) is 7.42. The number of ether oxygens (including phenoxy) is 4. The van der Waals surface area contributed by atoms with Crippen LogP contribution in [0.25, 0.3) is 0 Å². The summed E-state index contributed by atoms with van der Waals surface area (Å²) in [6, 6.07) is 12.6. The average molecular weight is 555 g/mol. The minimum Gasteiger partial charge on any atom is -0.504 e. The fraction of sp³-hybridized carbons (Fsp3) is 0.367. The van der Waals surface area contributed by atoms with Crippen molar-refractivity contribution in [3.05, 3.63) is 70.8 Å². The lowest BCUT2D eigenvalue weighted by molar-refractivity contribution is -0.141. The SMILES string of the molecule is COc1cc(C[C@H]2C(=O)OC[C@@H]2Cc2cc(OC)c(O)c([C@H](CO)[C@H](O)c3ccc(O)c(OC)c3)c2)ccc1O. The zero-order chi connectivity index (χ0) is 29.0. The first-order valence-electron chi connectivity index (χ1n) is 12.8. The first kappa shape index (κ1) is 28.8. The van der Waals surface area contributed by atoms with Crippen LogP contribution in [0.3, 0.4) is 0 Å². The van der Waals surface area contributed by atoms with Gasteiger partial charge in [-0.15, -0.1) is 0 Å². The number of phenols is 3. The quantitative estimate of drug-likeness (QED) is 0.223. The molecule has 0 spiro atoms. The van der Waals surface area contributed by atoms with Crippen molar-refractivity contribution in [2.75, 3.05) is 34.5 Å². The number of cyclic esters (lactones) is 1. The maximum Gasteiger partial charge on any atom is 0.309 e. The molecule has 10 heteroatoms. The molecule has 4 rings (SSSR count). The lowest BCUT2D eigenvalue weighted by atomic mass is 9.83. The van der Waals surface area contributed by atoms with Crippen molar-refractivity contribution < 1.29 is 49.3 Å². The van der Waals surface area contributed by atoms with Gasteiger partial charge in [0, 0.05) is 17.4 Å². The van der Waals surface area contributed by atoms with E-state index in [1.54, 1.807) is 24.3 Å². The van der Waals surface area contributed by atoms with Crippen LogP contribution in [-0.4, -0.2) is 66.0 Å². The molecule has 3 aromatic rings. The number of aliphatic hydroxyl groups excluding tert-OH is 2. The molecule has 0 saturated carbocycles. The van der Waals surface area contributed by atoms with E-state index in [4.69, 9.17) is 18.9 Å². The molecule has 214 valence electrons. The molecule has 0 amide bonds. The molecule has 5 N–H and O–H groups in total. The molecule has 1 heterocycles. The molecule has 4 atom stereocenters. The standard InChI is InChI=1S/C30H34O10/c1-37-25-11-16(4-6-23(25)32)9-20-19(15-40-30(20)36)8-17-10-21(29(35)27(12-17)39-3)22(14-31)28(34)18-5-7-24(33)26(13-18)38-2/h4-7,10-13,19-20,22,28,31-35H,8-9,14-15H2,1-3H3/t19-,20+,22-,28+/m0/s1. The van der Waals surface area contributed by atoms with E-state index in [1.807, 2.05) is 0 Å². The predicted molar refractivity (Wildman–Crippen MR) is 144 cm³/mol. The summed E-state index contributed by atoms with van der Waals surface area (Å²) in [4.78, 5) is 12.7. The Labute approximate surface area is 232 Å². The Morgan fingerprint density at radius 3 is 2.12 bits per heavy atom. The Hall–Kier alpha value is -4.15. The van der Waals surface area contributed by atoms with Crippen LogP contribution in [0.5, 0.6) is 34.5 Å². The number of aliphatic hydroxyl groups is 2. The lowest BCUT2D eigenvalue weighted by Gasteiger charge is -2.25. The van der Waals surface area contributed by atoms with E-state index in [1.165, 1.54) is 45.6 Å². The molecule has 1 fully saturated rings. The van der Waals surface area contributed by atoms with Crippen molar-refractivity contribution in [2.45, 2.75) is 24.9 Å². The van der Waals surface area contributed by atoms with E-state index in [9.17, 15) is 30.3 Å². The maximum absolute atomic E-state index is 12.7. The molecule has 0 aliphatic carbocycles. The second kappa shape index (κ2) is 12.4. The van der Waals surface area contributed by atoms with Gasteiger partial charge in [0.15, 0.2) is 34.5 Å². The van der Waals surface area contributed by atoms with E-state index < -0.39 is 24.5 Å². The van der Waals surface area contributed by atoms with Gasteiger partial charge in [-0.3, -0.25) is 4.79 Å². The number of hydrogen-bond acceptors (Lipinski definition) is 10. The number of phenolic OH excluding ortho intramolecular Hbond substituents is 3. The van der Waals surface area contributed by atoms with Gasteiger partial charge in [-0.1, -0.05) is 18.2 Å². The van der Waals surface area contributed by atoms with E-state index in [0.717, 1.165) is 11.1 Å². The molecule has 1 saturated heterocycles. The first-order valence-corrected chi connectivity index (χ1v) is 12.8. The molecule has 40 heavy (non-hydrogen) atoms. The van der Waals surface area contributed by atoms with Crippen LogP contribution in [-0.2, 0) is 22.4 Å². The second-order valence-electron chi connectivity index (χ2n) is 9.81. The molecule has 0 radical (unpaired) electrons. The summed E-state index contributed by atoms with van der Waals surface area (Å²) < 4.78 is 21.1. The molecule has 0 aromatic heterocycles. The summed E-state index contributed by atoms with van der Waals surface area (Å²) in [5, 5.41) is 52.2. The monoisotopic (exact) mass is 554 g/mol. The molecule has 1 aliphatic heterocycles. The normalized spacial score (nSPS) is 18.2. The Morgan fingerprint density at radius 1 is 0.850 bits per heavy atom. The number of aromatic hydroxyl groups is 3. The van der Waals surface area contributed by atoms with Gasteiger partial charge in [-0.2, -0.15) is 0 Å². The molecule has 3 aromatic carbocycles. The Morgan fingerprint density at radius 2 is 1.48 bits per heavy atom. The summed E-state index contributed by atoms with van der Waals surface area (Å²) in [5.41, 5.74) is 2.16. The fourth-order valence-corrected chi connectivity index (χ4v) is 5.19. The Balaban J connectivity index is 1.63.